The molecule has 33 heavy (non-hydrogen) atoms. The van der Waals surface area contributed by atoms with E-state index in [0.29, 0.717) is 11.3 Å². The fourth-order valence-corrected chi connectivity index (χ4v) is 3.05. The van der Waals surface area contributed by atoms with Gasteiger partial charge in [0.2, 0.25) is 5.91 Å². The molecule has 0 aliphatic carbocycles. The third-order valence-corrected chi connectivity index (χ3v) is 4.54. The Bertz CT molecular complexity index is 1000. The Balaban J connectivity index is 1.94. The van der Waals surface area contributed by atoms with Crippen LogP contribution in [0.2, 0.25) is 6.32 Å². The lowest BCUT2D eigenvalue weighted by atomic mass is 9.79. The molecule has 0 heterocycles. The first kappa shape index (κ1) is 25.7. The molecule has 0 aliphatic heterocycles. The molecule has 0 unspecified atom stereocenters. The summed E-state index contributed by atoms with van der Waals surface area (Å²) >= 11 is 0. The van der Waals surface area contributed by atoms with Gasteiger partial charge in [-0.25, -0.2) is 0 Å². The second-order valence-corrected chi connectivity index (χ2v) is 7.72. The molecule has 2 rings (SSSR count). The van der Waals surface area contributed by atoms with E-state index >= 15 is 0 Å². The van der Waals surface area contributed by atoms with Crippen LogP contribution in [0.4, 0.5) is 0 Å². The Hall–Kier alpha value is -3.61. The van der Waals surface area contributed by atoms with E-state index in [1.807, 2.05) is 38.1 Å². The van der Waals surface area contributed by atoms with Crippen molar-refractivity contribution >= 4 is 25.0 Å². The van der Waals surface area contributed by atoms with Gasteiger partial charge in [-0.15, -0.1) is 0 Å². The summed E-state index contributed by atoms with van der Waals surface area (Å²) in [5.74, 6) is -0.252. The predicted octanol–water partition coefficient (Wildman–Crippen LogP) is 2.22. The molecule has 0 fully saturated rings. The van der Waals surface area contributed by atoms with Gasteiger partial charge in [-0.2, -0.15) is 5.26 Å². The van der Waals surface area contributed by atoms with Crippen LogP contribution in [0.25, 0.3) is 6.08 Å². The van der Waals surface area contributed by atoms with Gasteiger partial charge in [-0.05, 0) is 43.2 Å². The first-order chi connectivity index (χ1) is 15.8. The molecule has 0 saturated heterocycles. The SMILES string of the molecule is CC(C)NC(=O)C(C#N)=Cc1cccc(OCCC(=O)N[C@@H](CB(O)O)c2ccccc2)c1. The Kier molecular flexibility index (Phi) is 10.2. The van der Waals surface area contributed by atoms with E-state index in [-0.39, 0.29) is 36.9 Å². The Morgan fingerprint density at radius 1 is 1.12 bits per heavy atom. The zero-order valence-corrected chi connectivity index (χ0v) is 18.7. The van der Waals surface area contributed by atoms with Crippen molar-refractivity contribution < 1.29 is 24.4 Å². The number of nitrogens with one attached hydrogen (secondary N) is 2. The smallest absolute Gasteiger partial charge is 0.453 e. The maximum absolute atomic E-state index is 12.4. The van der Waals surface area contributed by atoms with Crippen molar-refractivity contribution in [2.75, 3.05) is 6.61 Å². The lowest BCUT2D eigenvalue weighted by molar-refractivity contribution is -0.122. The van der Waals surface area contributed by atoms with Crippen molar-refractivity contribution in [2.24, 2.45) is 0 Å². The summed E-state index contributed by atoms with van der Waals surface area (Å²) in [6.45, 7) is 3.72. The van der Waals surface area contributed by atoms with Gasteiger partial charge in [0.05, 0.1) is 19.1 Å². The summed E-state index contributed by atoms with van der Waals surface area (Å²) in [5.41, 5.74) is 1.38. The Labute approximate surface area is 194 Å². The van der Waals surface area contributed by atoms with Crippen LogP contribution in [-0.4, -0.2) is 41.6 Å². The highest BCUT2D eigenvalue weighted by atomic mass is 16.5. The van der Waals surface area contributed by atoms with Crippen LogP contribution in [0.15, 0.2) is 60.2 Å². The van der Waals surface area contributed by atoms with Crippen molar-refractivity contribution in [3.63, 3.8) is 0 Å². The van der Waals surface area contributed by atoms with Crippen LogP contribution in [-0.2, 0) is 9.59 Å². The van der Waals surface area contributed by atoms with E-state index in [1.165, 1.54) is 6.08 Å². The van der Waals surface area contributed by atoms with Gasteiger partial charge in [0.15, 0.2) is 0 Å². The number of ether oxygens (including phenoxy) is 1. The molecule has 1 atom stereocenters. The van der Waals surface area contributed by atoms with E-state index in [0.717, 1.165) is 5.56 Å². The minimum atomic E-state index is -1.55. The van der Waals surface area contributed by atoms with E-state index in [9.17, 15) is 24.9 Å². The molecular formula is C24H28BN3O5. The molecule has 9 heteroatoms. The number of hydrogen-bond donors (Lipinski definition) is 4. The van der Waals surface area contributed by atoms with Gasteiger partial charge >= 0.3 is 7.12 Å². The molecule has 2 amide bonds. The standard InChI is InChI=1S/C24H28BN3O5/c1-17(2)27-24(30)20(16-26)13-18-7-6-10-21(14-18)33-12-11-23(29)28-22(15-25(31)32)19-8-4-3-5-9-19/h3-10,13-14,17,22,31-32H,11-12,15H2,1-2H3,(H,27,30)(H,28,29)/t22-/m0/s1. The fraction of sp³-hybridized carbons (Fsp3) is 0.292. The minimum Gasteiger partial charge on any atom is -0.493 e. The summed E-state index contributed by atoms with van der Waals surface area (Å²) < 4.78 is 5.65. The molecule has 0 aromatic heterocycles. The number of carbonyl (C=O) groups excluding carboxylic acids is 2. The maximum Gasteiger partial charge on any atom is 0.453 e. The molecule has 4 N–H and O–H groups in total. The zero-order valence-electron chi connectivity index (χ0n) is 18.7. The molecule has 172 valence electrons. The number of nitriles is 1. The highest BCUT2D eigenvalue weighted by Crippen LogP contribution is 2.19. The number of amides is 2. The second-order valence-electron chi connectivity index (χ2n) is 7.72. The summed E-state index contributed by atoms with van der Waals surface area (Å²) in [5, 5.41) is 33.4. The molecule has 0 radical (unpaired) electrons. The van der Waals surface area contributed by atoms with E-state index in [4.69, 9.17) is 4.74 Å². The number of carbonyl (C=O) groups is 2. The second kappa shape index (κ2) is 13.1. The molecule has 0 bridgehead atoms. The number of rotatable bonds is 11. The van der Waals surface area contributed by atoms with Crippen molar-refractivity contribution in [1.82, 2.24) is 10.6 Å². The normalized spacial score (nSPS) is 11.9. The molecule has 2 aromatic rings. The van der Waals surface area contributed by atoms with Gasteiger partial charge in [0.25, 0.3) is 5.91 Å². The molecule has 8 nitrogen and oxygen atoms in total. The van der Waals surface area contributed by atoms with Crippen LogP contribution in [0, 0.1) is 11.3 Å². The predicted molar refractivity (Wildman–Crippen MR) is 126 cm³/mol. The van der Waals surface area contributed by atoms with Crippen LogP contribution in [0.5, 0.6) is 5.75 Å². The average molecular weight is 449 g/mol. The quantitative estimate of drug-likeness (QED) is 0.236. The third kappa shape index (κ3) is 9.19. The Morgan fingerprint density at radius 3 is 2.48 bits per heavy atom. The van der Waals surface area contributed by atoms with Gasteiger partial charge in [-0.3, -0.25) is 9.59 Å². The average Bonchev–Trinajstić information content (AvgIpc) is 2.77. The number of nitrogens with zero attached hydrogens (tertiary/aromatic N) is 1. The third-order valence-electron chi connectivity index (χ3n) is 4.54. The first-order valence-electron chi connectivity index (χ1n) is 10.6. The van der Waals surface area contributed by atoms with E-state index < -0.39 is 19.1 Å². The maximum atomic E-state index is 12.4. The van der Waals surface area contributed by atoms with Crippen molar-refractivity contribution in [1.29, 1.82) is 5.26 Å². The van der Waals surface area contributed by atoms with Crippen LogP contribution in [0.1, 0.15) is 37.4 Å². The van der Waals surface area contributed by atoms with Gasteiger partial charge in [0.1, 0.15) is 17.4 Å². The minimum absolute atomic E-state index is 0.0155. The lowest BCUT2D eigenvalue weighted by Gasteiger charge is -2.19. The van der Waals surface area contributed by atoms with E-state index in [2.05, 4.69) is 10.6 Å². The largest absolute Gasteiger partial charge is 0.493 e. The van der Waals surface area contributed by atoms with E-state index in [1.54, 1.807) is 36.4 Å². The fourth-order valence-electron chi connectivity index (χ4n) is 3.05. The van der Waals surface area contributed by atoms with Gasteiger partial charge in [-0.1, -0.05) is 42.5 Å². The zero-order chi connectivity index (χ0) is 24.2. The number of hydrogen-bond acceptors (Lipinski definition) is 6. The molecule has 2 aromatic carbocycles. The molecule has 0 saturated carbocycles. The van der Waals surface area contributed by atoms with Crippen molar-refractivity contribution in [3.05, 3.63) is 71.3 Å². The molecular weight excluding hydrogens is 421 g/mol. The monoisotopic (exact) mass is 449 g/mol. The summed E-state index contributed by atoms with van der Waals surface area (Å²) in [6, 6.07) is 17.2. The van der Waals surface area contributed by atoms with Gasteiger partial charge < -0.3 is 25.4 Å². The first-order valence-corrected chi connectivity index (χ1v) is 10.6. The molecule has 0 aliphatic rings. The van der Waals surface area contributed by atoms with Crippen molar-refractivity contribution in [3.8, 4) is 11.8 Å². The lowest BCUT2D eigenvalue weighted by Crippen LogP contribution is -2.32. The van der Waals surface area contributed by atoms with Gasteiger partial charge in [0, 0.05) is 12.4 Å². The topological polar surface area (TPSA) is 132 Å². The van der Waals surface area contributed by atoms with Crippen molar-refractivity contribution in [2.45, 2.75) is 38.7 Å². The molecule has 0 spiro atoms. The van der Waals surface area contributed by atoms with Crippen LogP contribution < -0.4 is 15.4 Å². The summed E-state index contributed by atoms with van der Waals surface area (Å²) in [4.78, 5) is 24.4. The summed E-state index contributed by atoms with van der Waals surface area (Å²) in [7, 11) is -1.55. The highest BCUT2D eigenvalue weighted by Gasteiger charge is 2.20. The summed E-state index contributed by atoms with van der Waals surface area (Å²) in [6.07, 6.45) is 1.50. The number of benzene rings is 2. The highest BCUT2D eigenvalue weighted by molar-refractivity contribution is 6.41. The van der Waals surface area contributed by atoms with Crippen LogP contribution in [0.3, 0.4) is 0 Å². The van der Waals surface area contributed by atoms with Crippen LogP contribution >= 0.6 is 0 Å². The Morgan fingerprint density at radius 2 is 1.85 bits per heavy atom.